The number of nitrogens with zero attached hydrogens (tertiary/aromatic N) is 1. The molecule has 0 aliphatic carbocycles. The summed E-state index contributed by atoms with van der Waals surface area (Å²) in [4.78, 5) is 14.1. The topological polar surface area (TPSA) is 58.4 Å². The molecule has 0 saturated carbocycles. The molecular formula is C18H21N3O. The number of fused-ring (bicyclic) bond motifs is 1. The van der Waals surface area contributed by atoms with Crippen LogP contribution in [0.3, 0.4) is 0 Å². The number of hydrogen-bond donors (Lipinski definition) is 2. The van der Waals surface area contributed by atoms with Gasteiger partial charge in [-0.2, -0.15) is 0 Å². The van der Waals surface area contributed by atoms with Crippen molar-refractivity contribution in [2.24, 2.45) is 0 Å². The van der Waals surface area contributed by atoms with E-state index in [4.69, 9.17) is 5.73 Å². The minimum absolute atomic E-state index is 0.0508. The van der Waals surface area contributed by atoms with Crippen molar-refractivity contribution in [3.05, 3.63) is 59.2 Å². The van der Waals surface area contributed by atoms with Gasteiger partial charge in [0.1, 0.15) is 0 Å². The first-order valence-electron chi connectivity index (χ1n) is 7.62. The van der Waals surface area contributed by atoms with E-state index in [1.54, 1.807) is 7.05 Å². The Balaban J connectivity index is 1.86. The minimum atomic E-state index is -0.0508. The van der Waals surface area contributed by atoms with Gasteiger partial charge < -0.3 is 16.0 Å². The summed E-state index contributed by atoms with van der Waals surface area (Å²) in [5.74, 6) is -0.0508. The summed E-state index contributed by atoms with van der Waals surface area (Å²) >= 11 is 0. The second kappa shape index (κ2) is 6.10. The van der Waals surface area contributed by atoms with Gasteiger partial charge in [-0.3, -0.25) is 4.79 Å². The molecule has 0 bridgehead atoms. The second-order valence-corrected chi connectivity index (χ2v) is 5.65. The number of benzene rings is 2. The molecule has 1 aliphatic rings. The molecule has 3 N–H and O–H groups in total. The van der Waals surface area contributed by atoms with E-state index in [0.29, 0.717) is 5.56 Å². The van der Waals surface area contributed by atoms with Crippen molar-refractivity contribution >= 4 is 17.3 Å². The Kier molecular flexibility index (Phi) is 4.00. The van der Waals surface area contributed by atoms with Crippen LogP contribution in [0.15, 0.2) is 42.5 Å². The highest BCUT2D eigenvalue weighted by molar-refractivity contribution is 5.94. The summed E-state index contributed by atoms with van der Waals surface area (Å²) in [5, 5.41) is 2.67. The molecule has 2 aromatic rings. The van der Waals surface area contributed by atoms with Crippen molar-refractivity contribution in [1.29, 1.82) is 0 Å². The minimum Gasteiger partial charge on any atom is -0.398 e. The number of nitrogen functional groups attached to an aromatic ring is 1. The summed E-state index contributed by atoms with van der Waals surface area (Å²) in [6.45, 7) is 1.81. The first kappa shape index (κ1) is 14.4. The largest absolute Gasteiger partial charge is 0.398 e. The Hall–Kier alpha value is -2.49. The van der Waals surface area contributed by atoms with E-state index in [1.807, 2.05) is 30.3 Å². The maximum Gasteiger partial charge on any atom is 0.251 e. The smallest absolute Gasteiger partial charge is 0.251 e. The van der Waals surface area contributed by atoms with Crippen LogP contribution in [0, 0.1) is 0 Å². The molecule has 1 aliphatic heterocycles. The lowest BCUT2D eigenvalue weighted by Crippen LogP contribution is -2.29. The normalized spacial score (nSPS) is 13.6. The quantitative estimate of drug-likeness (QED) is 0.856. The van der Waals surface area contributed by atoms with Crippen LogP contribution in [0.2, 0.25) is 0 Å². The number of nitrogens with one attached hydrogen (secondary N) is 1. The Morgan fingerprint density at radius 2 is 2.09 bits per heavy atom. The number of rotatable bonds is 3. The Labute approximate surface area is 130 Å². The molecule has 0 spiro atoms. The van der Waals surface area contributed by atoms with E-state index in [2.05, 4.69) is 22.3 Å². The fourth-order valence-corrected chi connectivity index (χ4v) is 3.07. The molecule has 0 saturated heterocycles. The predicted octanol–water partition coefficient (Wildman–Crippen LogP) is 2.58. The summed E-state index contributed by atoms with van der Waals surface area (Å²) in [6.07, 6.45) is 2.15. The lowest BCUT2D eigenvalue weighted by atomic mass is 9.99. The molecule has 0 aromatic heterocycles. The van der Waals surface area contributed by atoms with Gasteiger partial charge in [-0.25, -0.2) is 0 Å². The van der Waals surface area contributed by atoms with E-state index in [-0.39, 0.29) is 5.91 Å². The number of hydrogen-bond acceptors (Lipinski definition) is 3. The molecule has 0 unspecified atom stereocenters. The zero-order valence-corrected chi connectivity index (χ0v) is 12.8. The van der Waals surface area contributed by atoms with Crippen LogP contribution in [0.1, 0.15) is 27.9 Å². The highest BCUT2D eigenvalue weighted by Crippen LogP contribution is 2.32. The first-order valence-corrected chi connectivity index (χ1v) is 7.62. The number of anilines is 2. The van der Waals surface area contributed by atoms with Crippen LogP contribution in [0.4, 0.5) is 11.4 Å². The van der Waals surface area contributed by atoms with Crippen molar-refractivity contribution in [2.75, 3.05) is 24.2 Å². The monoisotopic (exact) mass is 295 g/mol. The summed E-state index contributed by atoms with van der Waals surface area (Å²) in [5.41, 5.74) is 11.3. The molecule has 114 valence electrons. The zero-order chi connectivity index (χ0) is 15.5. The van der Waals surface area contributed by atoms with Crippen LogP contribution >= 0.6 is 0 Å². The molecule has 0 radical (unpaired) electrons. The van der Waals surface area contributed by atoms with E-state index in [1.165, 1.54) is 11.3 Å². The van der Waals surface area contributed by atoms with Gasteiger partial charge in [0.05, 0.1) is 0 Å². The van der Waals surface area contributed by atoms with E-state index < -0.39 is 0 Å². The second-order valence-electron chi connectivity index (χ2n) is 5.65. The van der Waals surface area contributed by atoms with E-state index in [9.17, 15) is 4.79 Å². The predicted molar refractivity (Wildman–Crippen MR) is 90.1 cm³/mol. The van der Waals surface area contributed by atoms with Crippen LogP contribution in [0.5, 0.6) is 0 Å². The molecule has 0 fully saturated rings. The number of nitrogens with two attached hydrogens (primary N) is 1. The van der Waals surface area contributed by atoms with E-state index >= 15 is 0 Å². The number of carbonyl (C=O) groups is 1. The average Bonchev–Trinajstić information content (AvgIpc) is 2.55. The molecule has 1 heterocycles. The van der Waals surface area contributed by atoms with Gasteiger partial charge in [0.15, 0.2) is 0 Å². The van der Waals surface area contributed by atoms with Gasteiger partial charge in [-0.1, -0.05) is 18.2 Å². The van der Waals surface area contributed by atoms with Crippen molar-refractivity contribution in [2.45, 2.75) is 19.4 Å². The van der Waals surface area contributed by atoms with Gasteiger partial charge >= 0.3 is 0 Å². The molecule has 22 heavy (non-hydrogen) atoms. The van der Waals surface area contributed by atoms with Crippen molar-refractivity contribution in [3.8, 4) is 0 Å². The van der Waals surface area contributed by atoms with Gasteiger partial charge in [0, 0.05) is 37.1 Å². The van der Waals surface area contributed by atoms with Crippen LogP contribution < -0.4 is 16.0 Å². The molecule has 1 amide bonds. The van der Waals surface area contributed by atoms with Crippen LogP contribution in [0.25, 0.3) is 0 Å². The SMILES string of the molecule is CNC(=O)c1cccc(CN2CCCc3c(N)cccc32)c1. The van der Waals surface area contributed by atoms with Crippen LogP contribution in [-0.4, -0.2) is 19.5 Å². The Bertz CT molecular complexity index is 696. The summed E-state index contributed by atoms with van der Waals surface area (Å²) in [7, 11) is 1.65. The molecule has 4 nitrogen and oxygen atoms in total. The maximum absolute atomic E-state index is 11.8. The Morgan fingerprint density at radius 1 is 1.27 bits per heavy atom. The fourth-order valence-electron chi connectivity index (χ4n) is 3.07. The maximum atomic E-state index is 11.8. The first-order chi connectivity index (χ1) is 10.7. The van der Waals surface area contributed by atoms with E-state index in [0.717, 1.165) is 37.2 Å². The number of carbonyl (C=O) groups excluding carboxylic acids is 1. The lowest BCUT2D eigenvalue weighted by Gasteiger charge is -2.32. The molecule has 0 atom stereocenters. The van der Waals surface area contributed by atoms with Gasteiger partial charge in [0.2, 0.25) is 0 Å². The zero-order valence-electron chi connectivity index (χ0n) is 12.8. The number of amides is 1. The van der Waals surface area contributed by atoms with Gasteiger partial charge in [0.25, 0.3) is 5.91 Å². The molecule has 2 aromatic carbocycles. The fraction of sp³-hybridized carbons (Fsp3) is 0.278. The average molecular weight is 295 g/mol. The highest BCUT2D eigenvalue weighted by atomic mass is 16.1. The van der Waals surface area contributed by atoms with Crippen molar-refractivity contribution in [1.82, 2.24) is 5.32 Å². The standard InChI is InChI=1S/C18H21N3O/c1-20-18(22)14-6-2-5-13(11-14)12-21-10-4-7-15-16(19)8-3-9-17(15)21/h2-3,5-6,8-9,11H,4,7,10,12,19H2,1H3,(H,20,22). The van der Waals surface area contributed by atoms with Crippen molar-refractivity contribution < 1.29 is 4.79 Å². The van der Waals surface area contributed by atoms with Gasteiger partial charge in [-0.15, -0.1) is 0 Å². The molecule has 4 heteroatoms. The van der Waals surface area contributed by atoms with Crippen molar-refractivity contribution in [3.63, 3.8) is 0 Å². The third-order valence-corrected chi connectivity index (χ3v) is 4.17. The summed E-state index contributed by atoms with van der Waals surface area (Å²) < 4.78 is 0. The Morgan fingerprint density at radius 3 is 2.91 bits per heavy atom. The third-order valence-electron chi connectivity index (χ3n) is 4.17. The highest BCUT2D eigenvalue weighted by Gasteiger charge is 2.18. The molecular weight excluding hydrogens is 274 g/mol. The molecule has 3 rings (SSSR count). The van der Waals surface area contributed by atoms with Gasteiger partial charge in [-0.05, 0) is 48.2 Å². The summed E-state index contributed by atoms with van der Waals surface area (Å²) in [6, 6.07) is 13.9. The van der Waals surface area contributed by atoms with Crippen LogP contribution in [-0.2, 0) is 13.0 Å². The third kappa shape index (κ3) is 2.77. The lowest BCUT2D eigenvalue weighted by molar-refractivity contribution is 0.0963.